The van der Waals surface area contributed by atoms with Gasteiger partial charge in [0.15, 0.2) is 11.5 Å². The Labute approximate surface area is 164 Å². The number of ether oxygens (including phenoxy) is 2. The average molecular weight is 446 g/mol. The fraction of sp³-hybridized carbons (Fsp3) is 0.556. The summed E-state index contributed by atoms with van der Waals surface area (Å²) >= 11 is 3.44. The lowest BCUT2D eigenvalue weighted by Gasteiger charge is -2.38. The Morgan fingerprint density at radius 2 is 2.00 bits per heavy atom. The molecule has 1 amide bonds. The van der Waals surface area contributed by atoms with Gasteiger partial charge in [-0.15, -0.1) is 0 Å². The molecular weight excluding hydrogens is 424 g/mol. The van der Waals surface area contributed by atoms with Crippen LogP contribution < -0.4 is 10.5 Å². The van der Waals surface area contributed by atoms with Gasteiger partial charge in [0.05, 0.1) is 13.2 Å². The molecule has 27 heavy (non-hydrogen) atoms. The summed E-state index contributed by atoms with van der Waals surface area (Å²) in [5.74, 6) is 0.223. The van der Waals surface area contributed by atoms with E-state index in [-0.39, 0.29) is 17.8 Å². The lowest BCUT2D eigenvalue weighted by atomic mass is 9.70. The number of nitrogens with two attached hydrogens (primary N) is 1. The van der Waals surface area contributed by atoms with Gasteiger partial charge >= 0.3 is 6.61 Å². The van der Waals surface area contributed by atoms with Crippen LogP contribution in [0.3, 0.4) is 0 Å². The summed E-state index contributed by atoms with van der Waals surface area (Å²) in [6, 6.07) is 5.40. The lowest BCUT2D eigenvalue weighted by Crippen LogP contribution is -2.46. The summed E-state index contributed by atoms with van der Waals surface area (Å²) in [5, 5.41) is 0. The minimum Gasteiger partial charge on any atom is -0.496 e. The summed E-state index contributed by atoms with van der Waals surface area (Å²) in [5.41, 5.74) is 5.38. The summed E-state index contributed by atoms with van der Waals surface area (Å²) in [6.45, 7) is -2.79. The van der Waals surface area contributed by atoms with Crippen LogP contribution in [0.4, 0.5) is 8.78 Å². The second-order valence-electron chi connectivity index (χ2n) is 6.82. The highest BCUT2D eigenvalue weighted by atomic mass is 79.9. The highest BCUT2D eigenvalue weighted by molar-refractivity contribution is 9.10. The molecule has 2 N–H and O–H groups in total. The number of amides is 1. The molecule has 2 aliphatic rings. The number of nitrogens with zero attached hydrogens (tertiary/aromatic N) is 2. The molecule has 0 spiro atoms. The van der Waals surface area contributed by atoms with Gasteiger partial charge in [0, 0.05) is 17.1 Å². The number of hydrogen-bond acceptors (Lipinski definition) is 5. The Balaban J connectivity index is 2.02. The first-order valence-electron chi connectivity index (χ1n) is 8.70. The maximum atomic E-state index is 13.3. The molecule has 9 heteroatoms. The van der Waals surface area contributed by atoms with Crippen molar-refractivity contribution in [3.8, 4) is 5.75 Å². The molecule has 1 aliphatic heterocycles. The highest BCUT2D eigenvalue weighted by Crippen LogP contribution is 2.49. The van der Waals surface area contributed by atoms with Crippen LogP contribution in [0.1, 0.15) is 31.2 Å². The molecule has 6 nitrogen and oxygen atoms in total. The SMILES string of the molecule is COc1ccc(Br)cc1C1(C2CCC(OC(F)F)CC2)N=C(N)N(C)C1=O. The topological polar surface area (TPSA) is 77.2 Å². The smallest absolute Gasteiger partial charge is 0.345 e. The van der Waals surface area contributed by atoms with Gasteiger partial charge in [-0.2, -0.15) is 8.78 Å². The van der Waals surface area contributed by atoms with E-state index >= 15 is 0 Å². The number of benzene rings is 1. The predicted octanol–water partition coefficient (Wildman–Crippen LogP) is 3.24. The molecule has 0 aromatic heterocycles. The quantitative estimate of drug-likeness (QED) is 0.754. The van der Waals surface area contributed by atoms with E-state index in [9.17, 15) is 13.6 Å². The largest absolute Gasteiger partial charge is 0.496 e. The Bertz CT molecular complexity index is 753. The molecular formula is C18H22BrF2N3O3. The second kappa shape index (κ2) is 7.71. The molecule has 0 radical (unpaired) electrons. The zero-order valence-corrected chi connectivity index (χ0v) is 16.7. The van der Waals surface area contributed by atoms with Crippen molar-refractivity contribution in [1.29, 1.82) is 0 Å². The first-order chi connectivity index (χ1) is 12.8. The zero-order valence-electron chi connectivity index (χ0n) is 15.1. The van der Waals surface area contributed by atoms with Crippen LogP contribution in [0.2, 0.25) is 0 Å². The van der Waals surface area contributed by atoms with E-state index in [0.717, 1.165) is 4.47 Å². The summed E-state index contributed by atoms with van der Waals surface area (Å²) < 4.78 is 36.0. The normalized spacial score (nSPS) is 28.6. The van der Waals surface area contributed by atoms with Crippen molar-refractivity contribution in [3.63, 3.8) is 0 Å². The number of aliphatic imine (C=N–C) groups is 1. The molecule has 1 aromatic carbocycles. The van der Waals surface area contributed by atoms with Crippen molar-refractivity contribution < 1.29 is 23.0 Å². The van der Waals surface area contributed by atoms with Crippen molar-refractivity contribution in [1.82, 2.24) is 4.90 Å². The molecule has 1 heterocycles. The van der Waals surface area contributed by atoms with Crippen molar-refractivity contribution in [2.24, 2.45) is 16.6 Å². The van der Waals surface area contributed by atoms with E-state index in [1.54, 1.807) is 13.1 Å². The Morgan fingerprint density at radius 1 is 1.33 bits per heavy atom. The van der Waals surface area contributed by atoms with Gasteiger partial charge in [0.2, 0.25) is 0 Å². The number of likely N-dealkylation sites (N-methyl/N-ethyl adjacent to an activating group) is 1. The van der Waals surface area contributed by atoms with Crippen molar-refractivity contribution in [3.05, 3.63) is 28.2 Å². The number of hydrogen-bond donors (Lipinski definition) is 1. The molecule has 3 rings (SSSR count). The van der Waals surface area contributed by atoms with Crippen LogP contribution in [0.25, 0.3) is 0 Å². The fourth-order valence-electron chi connectivity index (χ4n) is 4.06. The van der Waals surface area contributed by atoms with Gasteiger partial charge in [-0.05, 0) is 49.8 Å². The van der Waals surface area contributed by atoms with Gasteiger partial charge in [-0.25, -0.2) is 4.99 Å². The van der Waals surface area contributed by atoms with E-state index in [1.807, 2.05) is 12.1 Å². The van der Waals surface area contributed by atoms with Gasteiger partial charge in [-0.3, -0.25) is 9.69 Å². The predicted molar refractivity (Wildman–Crippen MR) is 99.6 cm³/mol. The number of guanidine groups is 1. The maximum absolute atomic E-state index is 13.3. The average Bonchev–Trinajstić information content (AvgIpc) is 2.87. The van der Waals surface area contributed by atoms with Crippen LogP contribution in [-0.4, -0.2) is 43.6 Å². The van der Waals surface area contributed by atoms with Crippen LogP contribution in [0.5, 0.6) is 5.75 Å². The van der Waals surface area contributed by atoms with Crippen LogP contribution in [-0.2, 0) is 15.1 Å². The molecule has 1 unspecified atom stereocenters. The van der Waals surface area contributed by atoms with Gasteiger partial charge in [0.25, 0.3) is 5.91 Å². The van der Waals surface area contributed by atoms with E-state index < -0.39 is 18.3 Å². The molecule has 0 bridgehead atoms. The van der Waals surface area contributed by atoms with Crippen molar-refractivity contribution in [2.75, 3.05) is 14.2 Å². The van der Waals surface area contributed by atoms with Crippen molar-refractivity contribution >= 4 is 27.8 Å². The van der Waals surface area contributed by atoms with E-state index in [2.05, 4.69) is 25.7 Å². The van der Waals surface area contributed by atoms with Crippen LogP contribution in [0.15, 0.2) is 27.7 Å². The number of carbonyl (C=O) groups is 1. The van der Waals surface area contributed by atoms with Gasteiger partial charge < -0.3 is 15.2 Å². The third-order valence-corrected chi connectivity index (χ3v) is 5.89. The lowest BCUT2D eigenvalue weighted by molar-refractivity contribution is -0.173. The minimum absolute atomic E-state index is 0.132. The molecule has 1 saturated carbocycles. The van der Waals surface area contributed by atoms with Crippen molar-refractivity contribution in [2.45, 2.75) is 43.9 Å². The van der Waals surface area contributed by atoms with E-state index in [4.69, 9.17) is 10.5 Å². The van der Waals surface area contributed by atoms with Gasteiger partial charge in [0.1, 0.15) is 5.75 Å². The van der Waals surface area contributed by atoms with E-state index in [0.29, 0.717) is 37.0 Å². The second-order valence-corrected chi connectivity index (χ2v) is 7.73. The monoisotopic (exact) mass is 445 g/mol. The number of halogens is 3. The fourth-order valence-corrected chi connectivity index (χ4v) is 4.43. The van der Waals surface area contributed by atoms with Gasteiger partial charge in [-0.1, -0.05) is 15.9 Å². The Morgan fingerprint density at radius 3 is 2.52 bits per heavy atom. The van der Waals surface area contributed by atoms with Crippen LogP contribution >= 0.6 is 15.9 Å². The molecule has 1 fully saturated rings. The number of carbonyl (C=O) groups excluding carboxylic acids is 1. The molecule has 148 valence electrons. The standard InChI is InChI=1S/C18H22BrF2N3O3/c1-24-15(25)18(23-17(24)22,13-9-11(19)5-8-14(13)26-2)10-3-6-12(7-4-10)27-16(20)21/h5,8-10,12,16H,3-4,6-7H2,1-2H3,(H2,22,23). The van der Waals surface area contributed by atoms with E-state index in [1.165, 1.54) is 12.0 Å². The number of rotatable bonds is 5. The Kier molecular flexibility index (Phi) is 5.71. The number of alkyl halides is 2. The summed E-state index contributed by atoms with van der Waals surface area (Å²) in [4.78, 5) is 19.2. The first kappa shape index (κ1) is 20.0. The number of methoxy groups -OCH3 is 1. The summed E-state index contributed by atoms with van der Waals surface area (Å²) in [7, 11) is 3.11. The molecule has 1 aromatic rings. The maximum Gasteiger partial charge on any atom is 0.345 e. The van der Waals surface area contributed by atoms with Crippen LogP contribution in [0, 0.1) is 5.92 Å². The molecule has 0 saturated heterocycles. The highest BCUT2D eigenvalue weighted by Gasteiger charge is 2.55. The third-order valence-electron chi connectivity index (χ3n) is 5.40. The molecule has 1 aliphatic carbocycles. The third kappa shape index (κ3) is 3.54. The Hall–Kier alpha value is -1.74. The molecule has 1 atom stereocenters. The summed E-state index contributed by atoms with van der Waals surface area (Å²) in [6.07, 6.45) is 1.38. The minimum atomic E-state index is -2.79. The zero-order chi connectivity index (χ0) is 19.8. The first-order valence-corrected chi connectivity index (χ1v) is 9.50.